The molecule has 1 aromatic rings. The highest BCUT2D eigenvalue weighted by molar-refractivity contribution is 7.90. The second-order valence-corrected chi connectivity index (χ2v) is 4.38. The van der Waals surface area contributed by atoms with Gasteiger partial charge in [0.1, 0.15) is 0 Å². The average molecular weight is 190 g/mol. The van der Waals surface area contributed by atoms with Crippen LogP contribution in [0.5, 0.6) is 0 Å². The largest absolute Gasteiger partial charge is 0.413 e. The Balaban J connectivity index is 2.92. The Bertz CT molecular complexity index is 355. The van der Waals surface area contributed by atoms with Gasteiger partial charge in [0.05, 0.1) is 0 Å². The number of nitrogens with zero attached hydrogens (tertiary/aromatic N) is 2. The van der Waals surface area contributed by atoms with E-state index in [-0.39, 0.29) is 5.22 Å². The molecular formula is C6H10N2O3S. The number of hydrogen-bond donors (Lipinski definition) is 0. The second-order valence-electron chi connectivity index (χ2n) is 2.48. The number of aryl methyl sites for hydroxylation is 1. The van der Waals surface area contributed by atoms with Gasteiger partial charge in [0.15, 0.2) is 0 Å². The molecule has 0 bridgehead atoms. The van der Waals surface area contributed by atoms with Gasteiger partial charge in [0.25, 0.3) is 0 Å². The fourth-order valence-electron chi connectivity index (χ4n) is 0.703. The first-order valence-electron chi connectivity index (χ1n) is 3.56. The maximum atomic E-state index is 10.9. The van der Waals surface area contributed by atoms with Gasteiger partial charge < -0.3 is 4.42 Å². The van der Waals surface area contributed by atoms with Crippen molar-refractivity contribution in [1.29, 1.82) is 0 Å². The SMILES string of the molecule is CCCc1nnc(S(C)(=O)=O)o1. The average Bonchev–Trinajstić information content (AvgIpc) is 2.35. The van der Waals surface area contributed by atoms with E-state index in [9.17, 15) is 8.42 Å². The minimum absolute atomic E-state index is 0.300. The summed E-state index contributed by atoms with van der Waals surface area (Å²) < 4.78 is 26.6. The van der Waals surface area contributed by atoms with Gasteiger partial charge in [0, 0.05) is 12.7 Å². The van der Waals surface area contributed by atoms with E-state index in [0.29, 0.717) is 12.3 Å². The van der Waals surface area contributed by atoms with E-state index < -0.39 is 9.84 Å². The van der Waals surface area contributed by atoms with Crippen molar-refractivity contribution in [3.8, 4) is 0 Å². The van der Waals surface area contributed by atoms with Crippen molar-refractivity contribution in [2.75, 3.05) is 6.26 Å². The van der Waals surface area contributed by atoms with Crippen LogP contribution in [0.1, 0.15) is 19.2 Å². The van der Waals surface area contributed by atoms with Crippen LogP contribution in [0.4, 0.5) is 0 Å². The van der Waals surface area contributed by atoms with Crippen LogP contribution in [0.25, 0.3) is 0 Å². The van der Waals surface area contributed by atoms with E-state index in [1.807, 2.05) is 6.92 Å². The summed E-state index contributed by atoms with van der Waals surface area (Å²) in [6.07, 6.45) is 2.50. The fourth-order valence-corrected chi connectivity index (χ4v) is 1.14. The Morgan fingerprint density at radius 1 is 1.42 bits per heavy atom. The van der Waals surface area contributed by atoms with Crippen molar-refractivity contribution >= 4 is 9.84 Å². The molecule has 0 saturated carbocycles. The third kappa shape index (κ3) is 2.04. The minimum atomic E-state index is -3.34. The highest BCUT2D eigenvalue weighted by Crippen LogP contribution is 2.07. The number of aromatic nitrogens is 2. The molecule has 0 radical (unpaired) electrons. The summed E-state index contributed by atoms with van der Waals surface area (Å²) in [7, 11) is -3.34. The van der Waals surface area contributed by atoms with Crippen LogP contribution < -0.4 is 0 Å². The zero-order chi connectivity index (χ0) is 9.19. The maximum absolute atomic E-state index is 10.9. The van der Waals surface area contributed by atoms with Gasteiger partial charge in [-0.25, -0.2) is 8.42 Å². The van der Waals surface area contributed by atoms with Crippen molar-refractivity contribution in [2.45, 2.75) is 25.0 Å². The summed E-state index contributed by atoms with van der Waals surface area (Å²) in [5, 5.41) is 6.68. The van der Waals surface area contributed by atoms with E-state index >= 15 is 0 Å². The van der Waals surface area contributed by atoms with E-state index in [2.05, 4.69) is 10.2 Å². The van der Waals surface area contributed by atoms with E-state index in [1.165, 1.54) is 0 Å². The minimum Gasteiger partial charge on any atom is -0.413 e. The summed E-state index contributed by atoms with van der Waals surface area (Å²) >= 11 is 0. The Hall–Kier alpha value is -0.910. The monoisotopic (exact) mass is 190 g/mol. The Morgan fingerprint density at radius 2 is 2.08 bits per heavy atom. The summed E-state index contributed by atoms with van der Waals surface area (Å²) in [4.78, 5) is 0. The van der Waals surface area contributed by atoms with Gasteiger partial charge in [-0.05, 0) is 6.42 Å². The molecule has 0 unspecified atom stereocenters. The molecule has 0 saturated heterocycles. The van der Waals surface area contributed by atoms with Crippen molar-refractivity contribution in [2.24, 2.45) is 0 Å². The van der Waals surface area contributed by atoms with E-state index in [1.54, 1.807) is 0 Å². The fraction of sp³-hybridized carbons (Fsp3) is 0.667. The molecule has 1 aromatic heterocycles. The molecule has 0 aliphatic rings. The summed E-state index contributed by atoms with van der Waals surface area (Å²) in [6, 6.07) is 0. The highest BCUT2D eigenvalue weighted by Gasteiger charge is 2.15. The van der Waals surface area contributed by atoms with E-state index in [0.717, 1.165) is 12.7 Å². The lowest BCUT2D eigenvalue weighted by molar-refractivity contribution is 0.396. The standard InChI is InChI=1S/C6H10N2O3S/c1-3-4-5-7-8-6(11-5)12(2,9)10/h3-4H2,1-2H3. The molecule has 0 aliphatic heterocycles. The Kier molecular flexibility index (Phi) is 2.46. The zero-order valence-electron chi connectivity index (χ0n) is 6.94. The van der Waals surface area contributed by atoms with Gasteiger partial charge in [-0.15, -0.1) is 5.10 Å². The van der Waals surface area contributed by atoms with Crippen LogP contribution >= 0.6 is 0 Å². The molecule has 12 heavy (non-hydrogen) atoms. The smallest absolute Gasteiger partial charge is 0.335 e. The second kappa shape index (κ2) is 3.22. The molecule has 0 N–H and O–H groups in total. The van der Waals surface area contributed by atoms with Crippen molar-refractivity contribution in [3.05, 3.63) is 5.89 Å². The first kappa shape index (κ1) is 9.18. The maximum Gasteiger partial charge on any atom is 0.335 e. The van der Waals surface area contributed by atoms with Crippen LogP contribution in [0, 0.1) is 0 Å². The van der Waals surface area contributed by atoms with Gasteiger partial charge in [-0.1, -0.05) is 12.0 Å². The molecule has 0 aromatic carbocycles. The first-order valence-corrected chi connectivity index (χ1v) is 5.45. The number of hydrogen-bond acceptors (Lipinski definition) is 5. The predicted octanol–water partition coefficient (Wildman–Crippen LogP) is 0.426. The third-order valence-electron chi connectivity index (χ3n) is 1.23. The van der Waals surface area contributed by atoms with Crippen molar-refractivity contribution in [1.82, 2.24) is 10.2 Å². The molecule has 1 heterocycles. The molecule has 0 amide bonds. The summed E-state index contributed by atoms with van der Waals surface area (Å²) in [6.45, 7) is 1.95. The molecule has 0 spiro atoms. The summed E-state index contributed by atoms with van der Waals surface area (Å²) in [5.74, 6) is 0.373. The predicted molar refractivity (Wildman–Crippen MR) is 41.4 cm³/mol. The third-order valence-corrected chi connectivity index (χ3v) is 2.03. The molecule has 1 rings (SSSR count). The van der Waals surface area contributed by atoms with Crippen LogP contribution in [-0.2, 0) is 16.3 Å². The molecule has 5 nitrogen and oxygen atoms in total. The summed E-state index contributed by atoms with van der Waals surface area (Å²) in [5.41, 5.74) is 0. The molecular weight excluding hydrogens is 180 g/mol. The van der Waals surface area contributed by atoms with Gasteiger partial charge in [-0.3, -0.25) is 0 Å². The zero-order valence-corrected chi connectivity index (χ0v) is 7.76. The highest BCUT2D eigenvalue weighted by atomic mass is 32.2. The molecule has 6 heteroatoms. The van der Waals surface area contributed by atoms with Crippen LogP contribution in [0.15, 0.2) is 9.64 Å². The van der Waals surface area contributed by atoms with Gasteiger partial charge in [-0.2, -0.15) is 0 Å². The van der Waals surface area contributed by atoms with E-state index in [4.69, 9.17) is 4.42 Å². The lowest BCUT2D eigenvalue weighted by Crippen LogP contribution is -1.96. The quantitative estimate of drug-likeness (QED) is 0.690. The van der Waals surface area contributed by atoms with Crippen molar-refractivity contribution in [3.63, 3.8) is 0 Å². The normalized spacial score (nSPS) is 11.8. The lowest BCUT2D eigenvalue weighted by atomic mass is 10.3. The Morgan fingerprint density at radius 3 is 2.50 bits per heavy atom. The molecule has 68 valence electrons. The number of rotatable bonds is 3. The number of sulfone groups is 1. The topological polar surface area (TPSA) is 73.1 Å². The lowest BCUT2D eigenvalue weighted by Gasteiger charge is -1.87. The molecule has 0 fully saturated rings. The van der Waals surface area contributed by atoms with Gasteiger partial charge in [0.2, 0.25) is 15.7 Å². The molecule has 0 aliphatic carbocycles. The Labute approximate surface area is 70.7 Å². The van der Waals surface area contributed by atoms with Crippen molar-refractivity contribution < 1.29 is 12.8 Å². The van der Waals surface area contributed by atoms with Crippen LogP contribution in [-0.4, -0.2) is 24.9 Å². The van der Waals surface area contributed by atoms with Crippen LogP contribution in [0.2, 0.25) is 0 Å². The first-order chi connectivity index (χ1) is 5.54. The van der Waals surface area contributed by atoms with Crippen LogP contribution in [0.3, 0.4) is 0 Å². The van der Waals surface area contributed by atoms with Gasteiger partial charge >= 0.3 is 5.22 Å². The molecule has 0 atom stereocenters.